The predicted octanol–water partition coefficient (Wildman–Crippen LogP) is 3.12. The third-order valence-electron chi connectivity index (χ3n) is 4.04. The summed E-state index contributed by atoms with van der Waals surface area (Å²) >= 11 is 0. The Bertz CT molecular complexity index is 861. The van der Waals surface area contributed by atoms with Crippen molar-refractivity contribution in [2.75, 3.05) is 0 Å². The fraction of sp³-hybridized carbons (Fsp3) is 0.278. The van der Waals surface area contributed by atoms with Gasteiger partial charge in [0, 0.05) is 42.7 Å². The summed E-state index contributed by atoms with van der Waals surface area (Å²) in [6.45, 7) is 5.61. The maximum absolute atomic E-state index is 10.7. The van der Waals surface area contributed by atoms with E-state index in [-0.39, 0.29) is 5.69 Å². The molecule has 1 aromatic carbocycles. The molecule has 3 rings (SSSR count). The zero-order valence-electron chi connectivity index (χ0n) is 14.7. The van der Waals surface area contributed by atoms with Crippen molar-refractivity contribution in [3.05, 3.63) is 70.8 Å². The molecule has 0 radical (unpaired) electrons. The van der Waals surface area contributed by atoms with Gasteiger partial charge in [-0.3, -0.25) is 20.0 Å². The number of rotatable bonds is 7. The number of non-ortho nitro benzene ring substituents is 1. The van der Waals surface area contributed by atoms with E-state index < -0.39 is 4.92 Å². The summed E-state index contributed by atoms with van der Waals surface area (Å²) in [5, 5.41) is 15.2. The maximum Gasteiger partial charge on any atom is 0.269 e. The Morgan fingerprint density at radius 3 is 2.62 bits per heavy atom. The van der Waals surface area contributed by atoms with E-state index in [1.54, 1.807) is 29.3 Å². The number of benzene rings is 1. The fourth-order valence-corrected chi connectivity index (χ4v) is 2.54. The van der Waals surface area contributed by atoms with Crippen LogP contribution in [0.3, 0.4) is 0 Å². The molecule has 0 aliphatic rings. The molecule has 0 bridgehead atoms. The molecule has 8 nitrogen and oxygen atoms in total. The second kappa shape index (κ2) is 7.83. The number of pyridine rings is 1. The van der Waals surface area contributed by atoms with E-state index in [0.29, 0.717) is 18.5 Å². The number of nitro benzene ring substituents is 1. The molecule has 0 fully saturated rings. The topological polar surface area (TPSA) is 90.0 Å². The first kappa shape index (κ1) is 17.7. The van der Waals surface area contributed by atoms with E-state index in [1.165, 1.54) is 12.1 Å². The van der Waals surface area contributed by atoms with Crippen LogP contribution in [0.4, 0.5) is 5.69 Å². The van der Waals surface area contributed by atoms with Gasteiger partial charge in [-0.25, -0.2) is 9.67 Å². The van der Waals surface area contributed by atoms with Gasteiger partial charge in [-0.05, 0) is 37.6 Å². The van der Waals surface area contributed by atoms with Gasteiger partial charge in [0.25, 0.3) is 5.69 Å². The Morgan fingerprint density at radius 2 is 2.00 bits per heavy atom. The normalized spacial score (nSPS) is 11.2. The maximum atomic E-state index is 10.7. The van der Waals surface area contributed by atoms with Gasteiger partial charge in [0.2, 0.25) is 0 Å². The van der Waals surface area contributed by atoms with Crippen molar-refractivity contribution in [3.8, 4) is 11.4 Å². The van der Waals surface area contributed by atoms with Gasteiger partial charge >= 0.3 is 0 Å². The van der Waals surface area contributed by atoms with E-state index in [9.17, 15) is 10.1 Å². The number of hydrogen-bond acceptors (Lipinski definition) is 6. The monoisotopic (exact) mass is 352 g/mol. The molecule has 0 aliphatic heterocycles. The smallest absolute Gasteiger partial charge is 0.269 e. The second-order valence-corrected chi connectivity index (χ2v) is 6.25. The summed E-state index contributed by atoms with van der Waals surface area (Å²) in [5.41, 5.74) is 1.94. The summed E-state index contributed by atoms with van der Waals surface area (Å²) in [6.07, 6.45) is 5.30. The summed E-state index contributed by atoms with van der Waals surface area (Å²) < 4.78 is 1.77. The zero-order valence-corrected chi connectivity index (χ0v) is 14.7. The quantitative estimate of drug-likeness (QED) is 0.479. The first-order chi connectivity index (χ1) is 12.5. The van der Waals surface area contributed by atoms with Crippen LogP contribution in [0.25, 0.3) is 11.4 Å². The molecule has 0 saturated heterocycles. The standard InChI is InChI=1S/C18H20N6O2/c1-14(2)22(11-15-4-3-9-19-10-15)13-23-12-20-18(21-23)16-5-7-17(8-6-16)24(25)26/h3-10,12,14H,11,13H2,1-2H3. The highest BCUT2D eigenvalue weighted by atomic mass is 16.6. The SMILES string of the molecule is CC(C)N(Cc1cccnc1)Cn1cnc(-c2ccc([N+](=O)[O-])cc2)n1. The number of nitrogens with zero attached hydrogens (tertiary/aromatic N) is 6. The summed E-state index contributed by atoms with van der Waals surface area (Å²) in [5.74, 6) is 0.546. The zero-order chi connectivity index (χ0) is 18.5. The number of hydrogen-bond donors (Lipinski definition) is 0. The minimum atomic E-state index is -0.422. The van der Waals surface area contributed by atoms with Crippen molar-refractivity contribution in [2.45, 2.75) is 33.1 Å². The molecule has 0 amide bonds. The van der Waals surface area contributed by atoms with Crippen LogP contribution in [0, 0.1) is 10.1 Å². The first-order valence-electron chi connectivity index (χ1n) is 8.30. The van der Waals surface area contributed by atoms with E-state index >= 15 is 0 Å². The molecule has 0 unspecified atom stereocenters. The fourth-order valence-electron chi connectivity index (χ4n) is 2.54. The molecule has 2 heterocycles. The van der Waals surface area contributed by atoms with Crippen LogP contribution >= 0.6 is 0 Å². The van der Waals surface area contributed by atoms with Gasteiger partial charge in [0.1, 0.15) is 6.33 Å². The lowest BCUT2D eigenvalue weighted by Crippen LogP contribution is -2.32. The molecule has 0 atom stereocenters. The van der Waals surface area contributed by atoms with Crippen molar-refractivity contribution in [1.29, 1.82) is 0 Å². The molecule has 0 aliphatic carbocycles. The summed E-state index contributed by atoms with van der Waals surface area (Å²) in [4.78, 5) is 21.1. The lowest BCUT2D eigenvalue weighted by atomic mass is 10.2. The van der Waals surface area contributed by atoms with Crippen LogP contribution in [0.15, 0.2) is 55.1 Å². The Kier molecular flexibility index (Phi) is 5.33. The van der Waals surface area contributed by atoms with Crippen LogP contribution in [0.2, 0.25) is 0 Å². The lowest BCUT2D eigenvalue weighted by Gasteiger charge is -2.25. The third-order valence-corrected chi connectivity index (χ3v) is 4.04. The average Bonchev–Trinajstić information content (AvgIpc) is 3.10. The Labute approximate surface area is 151 Å². The first-order valence-corrected chi connectivity index (χ1v) is 8.30. The van der Waals surface area contributed by atoms with Crippen LogP contribution in [-0.4, -0.2) is 35.6 Å². The highest BCUT2D eigenvalue weighted by molar-refractivity contribution is 5.56. The molecule has 134 valence electrons. The summed E-state index contributed by atoms with van der Waals surface area (Å²) in [6, 6.07) is 10.5. The molecule has 2 aromatic heterocycles. The Hall–Kier alpha value is -3.13. The molecule has 26 heavy (non-hydrogen) atoms. The largest absolute Gasteiger partial charge is 0.278 e. The molecule has 0 saturated carbocycles. The number of aromatic nitrogens is 4. The van der Waals surface area contributed by atoms with Crippen molar-refractivity contribution in [3.63, 3.8) is 0 Å². The average molecular weight is 352 g/mol. The van der Waals surface area contributed by atoms with Crippen molar-refractivity contribution >= 4 is 5.69 Å². The van der Waals surface area contributed by atoms with Gasteiger partial charge in [-0.2, -0.15) is 0 Å². The molecular weight excluding hydrogens is 332 g/mol. The minimum Gasteiger partial charge on any atom is -0.278 e. The second-order valence-electron chi connectivity index (χ2n) is 6.25. The minimum absolute atomic E-state index is 0.0515. The Morgan fingerprint density at radius 1 is 1.23 bits per heavy atom. The number of nitro groups is 1. The van der Waals surface area contributed by atoms with Crippen LogP contribution in [-0.2, 0) is 13.2 Å². The van der Waals surface area contributed by atoms with Crippen molar-refractivity contribution < 1.29 is 4.92 Å². The van der Waals surface area contributed by atoms with Crippen LogP contribution in [0.5, 0.6) is 0 Å². The van der Waals surface area contributed by atoms with Gasteiger partial charge < -0.3 is 0 Å². The lowest BCUT2D eigenvalue weighted by molar-refractivity contribution is -0.384. The molecule has 8 heteroatoms. The van der Waals surface area contributed by atoms with E-state index in [0.717, 1.165) is 17.7 Å². The molecular formula is C18H20N6O2. The van der Waals surface area contributed by atoms with Crippen molar-refractivity contribution in [1.82, 2.24) is 24.6 Å². The van der Waals surface area contributed by atoms with Crippen LogP contribution < -0.4 is 0 Å². The van der Waals surface area contributed by atoms with E-state index in [4.69, 9.17) is 0 Å². The van der Waals surface area contributed by atoms with E-state index in [1.807, 2.05) is 18.3 Å². The Balaban J connectivity index is 1.72. The van der Waals surface area contributed by atoms with Crippen LogP contribution in [0.1, 0.15) is 19.4 Å². The highest BCUT2D eigenvalue weighted by Gasteiger charge is 2.13. The molecule has 3 aromatic rings. The van der Waals surface area contributed by atoms with Gasteiger partial charge in [-0.15, -0.1) is 5.10 Å². The van der Waals surface area contributed by atoms with Gasteiger partial charge in [0.05, 0.1) is 11.6 Å². The molecule has 0 spiro atoms. The highest BCUT2D eigenvalue weighted by Crippen LogP contribution is 2.19. The van der Waals surface area contributed by atoms with Gasteiger partial charge in [-0.1, -0.05) is 6.07 Å². The van der Waals surface area contributed by atoms with Crippen molar-refractivity contribution in [2.24, 2.45) is 0 Å². The van der Waals surface area contributed by atoms with E-state index in [2.05, 4.69) is 33.8 Å². The predicted molar refractivity (Wildman–Crippen MR) is 97.0 cm³/mol. The third kappa shape index (κ3) is 4.28. The molecule has 0 N–H and O–H groups in total. The van der Waals surface area contributed by atoms with Gasteiger partial charge in [0.15, 0.2) is 5.82 Å². The summed E-state index contributed by atoms with van der Waals surface area (Å²) in [7, 11) is 0.